The van der Waals surface area contributed by atoms with Gasteiger partial charge in [-0.25, -0.2) is 4.98 Å². The van der Waals surface area contributed by atoms with E-state index in [1.54, 1.807) is 18.2 Å². The maximum atomic E-state index is 12.8. The summed E-state index contributed by atoms with van der Waals surface area (Å²) in [5, 5.41) is 3.47. The molecular weight excluding hydrogens is 440 g/mol. The second kappa shape index (κ2) is 10.4. The summed E-state index contributed by atoms with van der Waals surface area (Å²) in [6.07, 6.45) is 6.03. The Kier molecular flexibility index (Phi) is 7.35. The number of nitrogens with one attached hydrogen (secondary N) is 1. The number of nitrogen functional groups attached to an aromatic ring is 1. The molecule has 1 aliphatic carbocycles. The molecule has 2 amide bonds. The molecule has 0 spiro atoms. The average Bonchev–Trinajstić information content (AvgIpc) is 3.07. The van der Waals surface area contributed by atoms with Gasteiger partial charge in [0.15, 0.2) is 0 Å². The van der Waals surface area contributed by atoms with E-state index in [2.05, 4.69) is 15.2 Å². The van der Waals surface area contributed by atoms with Crippen molar-refractivity contribution in [2.75, 3.05) is 36.8 Å². The van der Waals surface area contributed by atoms with Crippen molar-refractivity contribution >= 4 is 34.8 Å². The summed E-state index contributed by atoms with van der Waals surface area (Å²) in [5.74, 6) is -0.150. The Morgan fingerprint density at radius 2 is 1.76 bits per heavy atom. The zero-order valence-electron chi connectivity index (χ0n) is 18.7. The van der Waals surface area contributed by atoms with E-state index < -0.39 is 0 Å². The summed E-state index contributed by atoms with van der Waals surface area (Å²) in [6, 6.07) is 9.21. The highest BCUT2D eigenvalue weighted by Gasteiger charge is 2.23. The van der Waals surface area contributed by atoms with Crippen LogP contribution in [0.4, 0.5) is 11.4 Å². The minimum Gasteiger partial charge on any atom is -0.397 e. The molecule has 9 heteroatoms. The molecule has 0 atom stereocenters. The van der Waals surface area contributed by atoms with E-state index in [4.69, 9.17) is 23.1 Å². The summed E-state index contributed by atoms with van der Waals surface area (Å²) < 4.78 is 0. The monoisotopic (exact) mass is 470 g/mol. The number of rotatable bonds is 4. The van der Waals surface area contributed by atoms with Crippen LogP contribution in [0, 0.1) is 0 Å². The third kappa shape index (κ3) is 5.75. The standard InChI is InChI=1S/C24H31ClN6O2/c25-22-9-3-17(15-28-22)24(33)31-11-1-10-30(12-13-31)21-8-2-16(14-20(21)27)23(32)29-19-6-4-18(26)5-7-19/h2-3,8-9,14-15,18-19H,1,4-7,10-13,26-27H2,(H,29,32). The summed E-state index contributed by atoms with van der Waals surface area (Å²) in [6.45, 7) is 2.67. The van der Waals surface area contributed by atoms with Gasteiger partial charge in [-0.1, -0.05) is 11.6 Å². The fourth-order valence-electron chi connectivity index (χ4n) is 4.56. The van der Waals surface area contributed by atoms with Crippen LogP contribution in [0.1, 0.15) is 52.8 Å². The Labute approximate surface area is 199 Å². The fourth-order valence-corrected chi connectivity index (χ4v) is 4.67. The quantitative estimate of drug-likeness (QED) is 0.467. The molecule has 2 heterocycles. The van der Waals surface area contributed by atoms with E-state index >= 15 is 0 Å². The van der Waals surface area contributed by atoms with Crippen molar-refractivity contribution in [2.24, 2.45) is 5.73 Å². The van der Waals surface area contributed by atoms with Gasteiger partial charge in [0.05, 0.1) is 16.9 Å². The van der Waals surface area contributed by atoms with E-state index in [0.29, 0.717) is 41.6 Å². The first kappa shape index (κ1) is 23.3. The second-order valence-electron chi connectivity index (χ2n) is 8.86. The molecule has 4 rings (SSSR count). The van der Waals surface area contributed by atoms with Gasteiger partial charge in [0.2, 0.25) is 0 Å². The molecule has 1 aromatic carbocycles. The van der Waals surface area contributed by atoms with Crippen molar-refractivity contribution in [2.45, 2.75) is 44.2 Å². The van der Waals surface area contributed by atoms with E-state index in [1.165, 1.54) is 6.20 Å². The van der Waals surface area contributed by atoms with Gasteiger partial charge in [-0.15, -0.1) is 0 Å². The highest BCUT2D eigenvalue weighted by atomic mass is 35.5. The molecular formula is C24H31ClN6O2. The topological polar surface area (TPSA) is 118 Å². The van der Waals surface area contributed by atoms with Crippen LogP contribution in [-0.2, 0) is 0 Å². The van der Waals surface area contributed by atoms with Crippen LogP contribution < -0.4 is 21.7 Å². The first-order valence-corrected chi connectivity index (χ1v) is 11.9. The minimum absolute atomic E-state index is 0.0512. The molecule has 1 aromatic heterocycles. The summed E-state index contributed by atoms with van der Waals surface area (Å²) in [7, 11) is 0. The van der Waals surface area contributed by atoms with Crippen LogP contribution in [0.5, 0.6) is 0 Å². The van der Waals surface area contributed by atoms with Gasteiger partial charge in [0, 0.05) is 50.0 Å². The number of benzene rings is 1. The summed E-state index contributed by atoms with van der Waals surface area (Å²) in [4.78, 5) is 33.5. The summed E-state index contributed by atoms with van der Waals surface area (Å²) in [5.41, 5.74) is 14.9. The molecule has 8 nitrogen and oxygen atoms in total. The lowest BCUT2D eigenvalue weighted by Crippen LogP contribution is -2.40. The van der Waals surface area contributed by atoms with Gasteiger partial charge in [-0.3, -0.25) is 9.59 Å². The Hall–Kier alpha value is -2.84. The fraction of sp³-hybridized carbons (Fsp3) is 0.458. The van der Waals surface area contributed by atoms with Crippen LogP contribution in [-0.4, -0.2) is 60.0 Å². The zero-order valence-corrected chi connectivity index (χ0v) is 19.4. The lowest BCUT2D eigenvalue weighted by Gasteiger charge is -2.27. The van der Waals surface area contributed by atoms with Gasteiger partial charge in [-0.05, 0) is 62.4 Å². The van der Waals surface area contributed by atoms with E-state index in [1.807, 2.05) is 17.0 Å². The first-order valence-electron chi connectivity index (χ1n) is 11.5. The molecule has 0 bridgehead atoms. The number of hydrogen-bond donors (Lipinski definition) is 3. The molecule has 1 aliphatic heterocycles. The minimum atomic E-state index is -0.0991. The van der Waals surface area contributed by atoms with Crippen molar-refractivity contribution in [3.8, 4) is 0 Å². The van der Waals surface area contributed by atoms with E-state index in [9.17, 15) is 9.59 Å². The number of amides is 2. The van der Waals surface area contributed by atoms with Crippen LogP contribution in [0.2, 0.25) is 5.15 Å². The number of carbonyl (C=O) groups excluding carboxylic acids is 2. The van der Waals surface area contributed by atoms with Gasteiger partial charge in [-0.2, -0.15) is 0 Å². The molecule has 0 unspecified atom stereocenters. The SMILES string of the molecule is Nc1cc(C(=O)NC2CCC(N)CC2)ccc1N1CCCN(C(=O)c2ccc(Cl)nc2)CC1. The zero-order chi connectivity index (χ0) is 23.4. The predicted molar refractivity (Wildman–Crippen MR) is 131 cm³/mol. The van der Waals surface area contributed by atoms with Gasteiger partial charge in [0.25, 0.3) is 11.8 Å². The maximum Gasteiger partial charge on any atom is 0.255 e. The molecule has 2 aromatic rings. The molecule has 2 fully saturated rings. The Morgan fingerprint density at radius 1 is 1.00 bits per heavy atom. The number of hydrogen-bond acceptors (Lipinski definition) is 6. The second-order valence-corrected chi connectivity index (χ2v) is 9.25. The first-order chi connectivity index (χ1) is 15.9. The van der Waals surface area contributed by atoms with E-state index in [0.717, 1.165) is 44.3 Å². The Balaban J connectivity index is 1.37. The number of aromatic nitrogens is 1. The van der Waals surface area contributed by atoms with Crippen molar-refractivity contribution in [1.82, 2.24) is 15.2 Å². The predicted octanol–water partition coefficient (Wildman–Crippen LogP) is 2.67. The number of halogens is 1. The number of nitrogens with two attached hydrogens (primary N) is 2. The highest BCUT2D eigenvalue weighted by molar-refractivity contribution is 6.29. The Bertz CT molecular complexity index is 991. The van der Waals surface area contributed by atoms with Gasteiger partial charge >= 0.3 is 0 Å². The summed E-state index contributed by atoms with van der Waals surface area (Å²) >= 11 is 5.83. The number of nitrogens with zero attached hydrogens (tertiary/aromatic N) is 3. The van der Waals surface area contributed by atoms with Crippen LogP contribution in [0.25, 0.3) is 0 Å². The Morgan fingerprint density at radius 3 is 2.45 bits per heavy atom. The van der Waals surface area contributed by atoms with Crippen LogP contribution >= 0.6 is 11.6 Å². The molecule has 5 N–H and O–H groups in total. The van der Waals surface area contributed by atoms with E-state index in [-0.39, 0.29) is 23.9 Å². The van der Waals surface area contributed by atoms with Crippen LogP contribution in [0.3, 0.4) is 0 Å². The number of anilines is 2. The molecule has 176 valence electrons. The van der Waals surface area contributed by atoms with Crippen molar-refractivity contribution in [3.05, 3.63) is 52.8 Å². The lowest BCUT2D eigenvalue weighted by molar-refractivity contribution is 0.0766. The van der Waals surface area contributed by atoms with Gasteiger partial charge in [0.1, 0.15) is 5.15 Å². The van der Waals surface area contributed by atoms with Crippen molar-refractivity contribution in [3.63, 3.8) is 0 Å². The average molecular weight is 471 g/mol. The molecule has 1 saturated carbocycles. The molecule has 33 heavy (non-hydrogen) atoms. The van der Waals surface area contributed by atoms with Gasteiger partial charge < -0.3 is 26.6 Å². The maximum absolute atomic E-state index is 12.8. The molecule has 1 saturated heterocycles. The number of pyridine rings is 1. The van der Waals surface area contributed by atoms with Crippen LogP contribution in [0.15, 0.2) is 36.5 Å². The van der Waals surface area contributed by atoms with Crippen molar-refractivity contribution in [1.29, 1.82) is 0 Å². The molecule has 2 aliphatic rings. The third-order valence-electron chi connectivity index (χ3n) is 6.49. The number of carbonyl (C=O) groups is 2. The smallest absolute Gasteiger partial charge is 0.255 e. The molecule has 0 radical (unpaired) electrons. The normalized spacial score (nSPS) is 21.4. The largest absolute Gasteiger partial charge is 0.397 e. The van der Waals surface area contributed by atoms with Crippen molar-refractivity contribution < 1.29 is 9.59 Å². The highest BCUT2D eigenvalue weighted by Crippen LogP contribution is 2.26. The lowest BCUT2D eigenvalue weighted by atomic mass is 9.91. The third-order valence-corrected chi connectivity index (χ3v) is 6.72.